The van der Waals surface area contributed by atoms with Crippen LogP contribution in [0.25, 0.3) is 0 Å². The third-order valence-corrected chi connectivity index (χ3v) is 2.78. The SMILES string of the molecule is COCCN(C)CC(O)COc1cccc(CN)c1. The number of ether oxygens (including phenoxy) is 2. The van der Waals surface area contributed by atoms with Crippen molar-refractivity contribution in [2.45, 2.75) is 12.6 Å². The average Bonchev–Trinajstić information content (AvgIpc) is 2.43. The van der Waals surface area contributed by atoms with Crippen molar-refractivity contribution in [1.82, 2.24) is 4.90 Å². The predicted molar refractivity (Wildman–Crippen MR) is 75.2 cm³/mol. The van der Waals surface area contributed by atoms with Gasteiger partial charge in [-0.05, 0) is 24.7 Å². The first-order valence-corrected chi connectivity index (χ1v) is 6.43. The largest absolute Gasteiger partial charge is 0.491 e. The van der Waals surface area contributed by atoms with Crippen LogP contribution in [0, 0.1) is 0 Å². The summed E-state index contributed by atoms with van der Waals surface area (Å²) in [5.74, 6) is 0.738. The van der Waals surface area contributed by atoms with Crippen LogP contribution in [0.4, 0.5) is 0 Å². The molecule has 0 radical (unpaired) electrons. The van der Waals surface area contributed by atoms with Gasteiger partial charge >= 0.3 is 0 Å². The van der Waals surface area contributed by atoms with Crippen molar-refractivity contribution in [3.05, 3.63) is 29.8 Å². The van der Waals surface area contributed by atoms with Crippen molar-refractivity contribution in [1.29, 1.82) is 0 Å². The summed E-state index contributed by atoms with van der Waals surface area (Å²) in [5, 5.41) is 9.87. The molecule has 0 bridgehead atoms. The molecule has 0 heterocycles. The highest BCUT2D eigenvalue weighted by Crippen LogP contribution is 2.13. The minimum Gasteiger partial charge on any atom is -0.491 e. The lowest BCUT2D eigenvalue weighted by atomic mass is 10.2. The smallest absolute Gasteiger partial charge is 0.119 e. The molecule has 19 heavy (non-hydrogen) atoms. The van der Waals surface area contributed by atoms with E-state index in [1.807, 2.05) is 36.2 Å². The van der Waals surface area contributed by atoms with Gasteiger partial charge in [0, 0.05) is 26.7 Å². The van der Waals surface area contributed by atoms with Crippen molar-refractivity contribution in [2.24, 2.45) is 5.73 Å². The van der Waals surface area contributed by atoms with Gasteiger partial charge in [-0.25, -0.2) is 0 Å². The normalized spacial score (nSPS) is 12.7. The Kier molecular flexibility index (Phi) is 7.43. The fraction of sp³-hybridized carbons (Fsp3) is 0.571. The van der Waals surface area contributed by atoms with Gasteiger partial charge in [0.05, 0.1) is 6.61 Å². The summed E-state index contributed by atoms with van der Waals surface area (Å²) in [6.45, 7) is 2.75. The number of benzene rings is 1. The maximum atomic E-state index is 9.87. The third-order valence-electron chi connectivity index (χ3n) is 2.78. The van der Waals surface area contributed by atoms with Crippen LogP contribution in [0.3, 0.4) is 0 Å². The molecule has 1 aromatic carbocycles. The van der Waals surface area contributed by atoms with E-state index >= 15 is 0 Å². The zero-order valence-corrected chi connectivity index (χ0v) is 11.7. The van der Waals surface area contributed by atoms with Crippen molar-refractivity contribution < 1.29 is 14.6 Å². The number of rotatable bonds is 9. The van der Waals surface area contributed by atoms with Crippen LogP contribution in [0.2, 0.25) is 0 Å². The standard InChI is InChI=1S/C14H24N2O3/c1-16(6-7-18-2)10-13(17)11-19-14-5-3-4-12(8-14)9-15/h3-5,8,13,17H,6-7,9-11,15H2,1-2H3. The van der Waals surface area contributed by atoms with E-state index < -0.39 is 6.10 Å². The van der Waals surface area contributed by atoms with Gasteiger partial charge in [0.15, 0.2) is 0 Å². The number of hydrogen-bond donors (Lipinski definition) is 2. The van der Waals surface area contributed by atoms with E-state index in [0.717, 1.165) is 17.9 Å². The quantitative estimate of drug-likeness (QED) is 0.681. The fourth-order valence-electron chi connectivity index (χ4n) is 1.71. The molecule has 108 valence electrons. The van der Waals surface area contributed by atoms with Gasteiger partial charge in [-0.1, -0.05) is 12.1 Å². The molecule has 0 aliphatic rings. The molecule has 5 heteroatoms. The minimum absolute atomic E-state index is 0.269. The Morgan fingerprint density at radius 3 is 2.89 bits per heavy atom. The molecule has 0 saturated carbocycles. The van der Waals surface area contributed by atoms with E-state index in [1.165, 1.54) is 0 Å². The van der Waals surface area contributed by atoms with Crippen molar-refractivity contribution >= 4 is 0 Å². The van der Waals surface area contributed by atoms with Gasteiger partial charge in [0.1, 0.15) is 18.5 Å². The Morgan fingerprint density at radius 2 is 2.21 bits per heavy atom. The molecule has 1 atom stereocenters. The Hall–Kier alpha value is -1.14. The van der Waals surface area contributed by atoms with E-state index in [2.05, 4.69) is 0 Å². The lowest BCUT2D eigenvalue weighted by molar-refractivity contribution is 0.0667. The van der Waals surface area contributed by atoms with Crippen molar-refractivity contribution in [3.63, 3.8) is 0 Å². The Labute approximate surface area is 114 Å². The van der Waals surface area contributed by atoms with Crippen LogP contribution in [0.5, 0.6) is 5.75 Å². The van der Waals surface area contributed by atoms with Crippen LogP contribution in [-0.2, 0) is 11.3 Å². The number of methoxy groups -OCH3 is 1. The summed E-state index contributed by atoms with van der Waals surface area (Å²) in [7, 11) is 3.61. The molecule has 0 spiro atoms. The third kappa shape index (κ3) is 6.54. The lowest BCUT2D eigenvalue weighted by Crippen LogP contribution is -2.34. The first kappa shape index (κ1) is 15.9. The summed E-state index contributed by atoms with van der Waals surface area (Å²) in [6, 6.07) is 7.60. The summed E-state index contributed by atoms with van der Waals surface area (Å²) < 4.78 is 10.5. The van der Waals surface area contributed by atoms with Crippen LogP contribution in [0.15, 0.2) is 24.3 Å². The second kappa shape index (κ2) is 8.87. The summed E-state index contributed by atoms with van der Waals surface area (Å²) in [6.07, 6.45) is -0.525. The molecule has 5 nitrogen and oxygen atoms in total. The van der Waals surface area contributed by atoms with Gasteiger partial charge in [0.2, 0.25) is 0 Å². The monoisotopic (exact) mass is 268 g/mol. The van der Waals surface area contributed by atoms with E-state index in [9.17, 15) is 5.11 Å². The molecular weight excluding hydrogens is 244 g/mol. The molecular formula is C14H24N2O3. The molecule has 0 saturated heterocycles. The highest BCUT2D eigenvalue weighted by molar-refractivity contribution is 5.28. The second-order valence-electron chi connectivity index (χ2n) is 4.57. The molecule has 0 amide bonds. The first-order valence-electron chi connectivity index (χ1n) is 6.43. The van der Waals surface area contributed by atoms with Crippen molar-refractivity contribution in [3.8, 4) is 5.75 Å². The lowest BCUT2D eigenvalue weighted by Gasteiger charge is -2.20. The highest BCUT2D eigenvalue weighted by Gasteiger charge is 2.09. The molecule has 1 unspecified atom stereocenters. The number of aliphatic hydroxyl groups excluding tert-OH is 1. The number of hydrogen-bond acceptors (Lipinski definition) is 5. The molecule has 1 rings (SSSR count). The minimum atomic E-state index is -0.525. The van der Waals surface area contributed by atoms with E-state index in [-0.39, 0.29) is 6.61 Å². The van der Waals surface area contributed by atoms with Crippen LogP contribution in [-0.4, -0.2) is 56.6 Å². The number of aliphatic hydroxyl groups is 1. The highest BCUT2D eigenvalue weighted by atomic mass is 16.5. The van der Waals surface area contributed by atoms with Crippen LogP contribution in [0.1, 0.15) is 5.56 Å². The van der Waals surface area contributed by atoms with E-state index in [0.29, 0.717) is 19.7 Å². The number of nitrogens with two attached hydrogens (primary N) is 1. The maximum Gasteiger partial charge on any atom is 0.119 e. The summed E-state index contributed by atoms with van der Waals surface area (Å²) >= 11 is 0. The second-order valence-corrected chi connectivity index (χ2v) is 4.57. The molecule has 0 aliphatic heterocycles. The van der Waals surface area contributed by atoms with Gasteiger partial charge < -0.3 is 25.2 Å². The van der Waals surface area contributed by atoms with Gasteiger partial charge in [0.25, 0.3) is 0 Å². The van der Waals surface area contributed by atoms with E-state index in [1.54, 1.807) is 7.11 Å². The maximum absolute atomic E-state index is 9.87. The fourth-order valence-corrected chi connectivity index (χ4v) is 1.71. The zero-order valence-electron chi connectivity index (χ0n) is 11.7. The Morgan fingerprint density at radius 1 is 1.42 bits per heavy atom. The Balaban J connectivity index is 2.30. The van der Waals surface area contributed by atoms with E-state index in [4.69, 9.17) is 15.2 Å². The van der Waals surface area contributed by atoms with Crippen molar-refractivity contribution in [2.75, 3.05) is 40.5 Å². The number of nitrogens with zero attached hydrogens (tertiary/aromatic N) is 1. The van der Waals surface area contributed by atoms with Gasteiger partial charge in [-0.3, -0.25) is 0 Å². The summed E-state index contributed by atoms with van der Waals surface area (Å²) in [5.41, 5.74) is 6.58. The van der Waals surface area contributed by atoms with Gasteiger partial charge in [-0.2, -0.15) is 0 Å². The van der Waals surface area contributed by atoms with Gasteiger partial charge in [-0.15, -0.1) is 0 Å². The molecule has 1 aromatic rings. The topological polar surface area (TPSA) is 68.0 Å². The predicted octanol–water partition coefficient (Wildman–Crippen LogP) is 0.463. The molecule has 0 fully saturated rings. The molecule has 0 aromatic heterocycles. The average molecular weight is 268 g/mol. The van der Waals surface area contributed by atoms with Crippen LogP contribution < -0.4 is 10.5 Å². The first-order chi connectivity index (χ1) is 9.15. The van der Waals surface area contributed by atoms with Crippen LogP contribution >= 0.6 is 0 Å². The molecule has 0 aliphatic carbocycles. The summed E-state index contributed by atoms with van der Waals surface area (Å²) in [4.78, 5) is 2.01. The Bertz CT molecular complexity index is 360. The number of likely N-dealkylation sites (N-methyl/N-ethyl adjacent to an activating group) is 1. The zero-order chi connectivity index (χ0) is 14.1. The molecule has 3 N–H and O–H groups in total.